The molecule has 5 heteroatoms. The lowest BCUT2D eigenvalue weighted by molar-refractivity contribution is -0.131. The van der Waals surface area contributed by atoms with Gasteiger partial charge in [0.05, 0.1) is 12.2 Å². The van der Waals surface area contributed by atoms with Crippen molar-refractivity contribution < 1.29 is 9.32 Å². The van der Waals surface area contributed by atoms with E-state index in [1.54, 1.807) is 11.9 Å². The fraction of sp³-hybridized carbons (Fsp3) is 0.684. The molecule has 2 atom stereocenters. The van der Waals surface area contributed by atoms with Gasteiger partial charge in [-0.15, -0.1) is 6.42 Å². The number of rotatable bonds is 8. The smallest absolute Gasteiger partial charge is 0.223 e. The fourth-order valence-corrected chi connectivity index (χ4v) is 3.28. The van der Waals surface area contributed by atoms with E-state index in [0.29, 0.717) is 24.8 Å². The van der Waals surface area contributed by atoms with Crippen LogP contribution in [-0.4, -0.2) is 42.6 Å². The van der Waals surface area contributed by atoms with Gasteiger partial charge in [0.2, 0.25) is 5.91 Å². The highest BCUT2D eigenvalue weighted by atomic mass is 16.5. The van der Waals surface area contributed by atoms with Crippen molar-refractivity contribution in [2.24, 2.45) is 11.8 Å². The first-order chi connectivity index (χ1) is 11.6. The van der Waals surface area contributed by atoms with E-state index in [9.17, 15) is 4.79 Å². The number of carbonyl (C=O) groups is 1. The van der Waals surface area contributed by atoms with E-state index >= 15 is 0 Å². The summed E-state index contributed by atoms with van der Waals surface area (Å²) >= 11 is 0. The molecule has 1 aliphatic heterocycles. The number of hydrogen-bond acceptors (Lipinski definition) is 4. The van der Waals surface area contributed by atoms with Gasteiger partial charge in [-0.05, 0) is 44.2 Å². The number of aryl methyl sites for hydroxylation is 1. The molecule has 1 fully saturated rings. The zero-order chi connectivity index (χ0) is 17.4. The summed E-state index contributed by atoms with van der Waals surface area (Å²) in [5.41, 5.74) is 1.00. The van der Waals surface area contributed by atoms with Crippen LogP contribution in [0.3, 0.4) is 0 Å². The number of nitrogens with one attached hydrogen (secondary N) is 1. The Morgan fingerprint density at radius 3 is 3.12 bits per heavy atom. The molecule has 2 unspecified atom stereocenters. The Hall–Kier alpha value is -1.80. The minimum atomic E-state index is 0.133. The lowest BCUT2D eigenvalue weighted by Gasteiger charge is -2.32. The van der Waals surface area contributed by atoms with Crippen LogP contribution in [0, 0.1) is 24.2 Å². The first-order valence-corrected chi connectivity index (χ1v) is 8.96. The Kier molecular flexibility index (Phi) is 7.33. The van der Waals surface area contributed by atoms with Crippen molar-refractivity contribution in [2.45, 2.75) is 45.4 Å². The van der Waals surface area contributed by atoms with Crippen molar-refractivity contribution >= 4 is 5.91 Å². The number of aromatic nitrogens is 1. The van der Waals surface area contributed by atoms with Crippen LogP contribution in [0.1, 0.15) is 44.1 Å². The lowest BCUT2D eigenvalue weighted by Crippen LogP contribution is -2.40. The minimum absolute atomic E-state index is 0.133. The molecular formula is C19H29N3O2. The van der Waals surface area contributed by atoms with E-state index in [2.05, 4.69) is 29.4 Å². The van der Waals surface area contributed by atoms with Crippen LogP contribution >= 0.6 is 0 Å². The molecule has 0 radical (unpaired) electrons. The lowest BCUT2D eigenvalue weighted by atomic mass is 9.81. The molecule has 1 N–H and O–H groups in total. The van der Waals surface area contributed by atoms with Crippen LogP contribution in [0.5, 0.6) is 0 Å². The van der Waals surface area contributed by atoms with Crippen LogP contribution in [0.15, 0.2) is 10.6 Å². The first-order valence-electron chi connectivity index (χ1n) is 8.96. The van der Waals surface area contributed by atoms with Crippen molar-refractivity contribution in [3.8, 4) is 12.3 Å². The molecule has 24 heavy (non-hydrogen) atoms. The number of unbranched alkanes of at least 4 members (excludes halogenated alkanes) is 1. The second-order valence-corrected chi connectivity index (χ2v) is 6.76. The number of terminal acetylenes is 1. The molecule has 0 aliphatic carbocycles. The van der Waals surface area contributed by atoms with Gasteiger partial charge >= 0.3 is 0 Å². The highest BCUT2D eigenvalue weighted by Gasteiger charge is 2.28. The zero-order valence-corrected chi connectivity index (χ0v) is 14.9. The maximum Gasteiger partial charge on any atom is 0.223 e. The Bertz CT molecular complexity index is 561. The third-order valence-electron chi connectivity index (χ3n) is 4.81. The van der Waals surface area contributed by atoms with E-state index in [1.165, 1.54) is 0 Å². The van der Waals surface area contributed by atoms with Crippen LogP contribution < -0.4 is 5.32 Å². The standard InChI is InChI=1S/C19H29N3O2/c1-4-6-7-18-13-17(21-24-18)11-16-14-20-9-8-15(16)12-19(23)22(3)10-5-2/h2,13,15-16,20H,4,6-12,14H2,1,3H3. The quantitative estimate of drug-likeness (QED) is 0.743. The van der Waals surface area contributed by atoms with Crippen molar-refractivity contribution in [3.63, 3.8) is 0 Å². The maximum atomic E-state index is 12.3. The molecule has 0 spiro atoms. The predicted molar refractivity (Wildman–Crippen MR) is 94.4 cm³/mol. The van der Waals surface area contributed by atoms with Crippen molar-refractivity contribution in [1.29, 1.82) is 0 Å². The van der Waals surface area contributed by atoms with Crippen LogP contribution in [0.4, 0.5) is 0 Å². The molecule has 0 saturated carbocycles. The largest absolute Gasteiger partial charge is 0.361 e. The summed E-state index contributed by atoms with van der Waals surface area (Å²) in [6.45, 7) is 4.43. The molecule has 2 rings (SSSR count). The molecule has 1 aromatic heterocycles. The molecule has 1 aromatic rings. The molecule has 5 nitrogen and oxygen atoms in total. The van der Waals surface area contributed by atoms with Crippen molar-refractivity contribution in [3.05, 3.63) is 17.5 Å². The molecule has 132 valence electrons. The van der Waals surface area contributed by atoms with Gasteiger partial charge in [0.25, 0.3) is 0 Å². The molecule has 0 aromatic carbocycles. The maximum absolute atomic E-state index is 12.3. The summed E-state index contributed by atoms with van der Waals surface area (Å²) in [5, 5.41) is 7.65. The summed E-state index contributed by atoms with van der Waals surface area (Å²) in [4.78, 5) is 13.9. The predicted octanol–water partition coefficient (Wildman–Crippen LogP) is 2.27. The van der Waals surface area contributed by atoms with Gasteiger partial charge in [-0.1, -0.05) is 24.4 Å². The summed E-state index contributed by atoms with van der Waals surface area (Å²) in [6, 6.07) is 2.08. The molecular weight excluding hydrogens is 302 g/mol. The van der Waals surface area contributed by atoms with E-state index in [-0.39, 0.29) is 5.91 Å². The second-order valence-electron chi connectivity index (χ2n) is 6.76. The van der Waals surface area contributed by atoms with Gasteiger partial charge < -0.3 is 14.7 Å². The summed E-state index contributed by atoms with van der Waals surface area (Å²) in [5.74, 6) is 4.41. The summed E-state index contributed by atoms with van der Waals surface area (Å²) in [6.07, 6.45) is 11.0. The van der Waals surface area contributed by atoms with Gasteiger partial charge in [0, 0.05) is 26.0 Å². The van der Waals surface area contributed by atoms with E-state index in [4.69, 9.17) is 10.9 Å². The monoisotopic (exact) mass is 331 g/mol. The van der Waals surface area contributed by atoms with Crippen LogP contribution in [0.25, 0.3) is 0 Å². The number of hydrogen-bond donors (Lipinski definition) is 1. The van der Waals surface area contributed by atoms with Gasteiger partial charge in [0.15, 0.2) is 0 Å². The molecule has 2 heterocycles. The molecule has 1 amide bonds. The van der Waals surface area contributed by atoms with E-state index < -0.39 is 0 Å². The molecule has 1 saturated heterocycles. The summed E-state index contributed by atoms with van der Waals surface area (Å²) in [7, 11) is 1.77. The number of piperidine rings is 1. The first kappa shape index (κ1) is 18.5. The molecule has 1 aliphatic rings. The Labute approximate surface area is 145 Å². The number of carbonyl (C=O) groups excluding carboxylic acids is 1. The zero-order valence-electron chi connectivity index (χ0n) is 14.9. The van der Waals surface area contributed by atoms with E-state index in [1.807, 2.05) is 0 Å². The Balaban J connectivity index is 1.92. The van der Waals surface area contributed by atoms with Crippen molar-refractivity contribution in [1.82, 2.24) is 15.4 Å². The van der Waals surface area contributed by atoms with Gasteiger partial charge in [-0.25, -0.2) is 0 Å². The second kappa shape index (κ2) is 9.48. The average molecular weight is 331 g/mol. The molecule has 0 bridgehead atoms. The number of amides is 1. The Morgan fingerprint density at radius 2 is 2.38 bits per heavy atom. The van der Waals surface area contributed by atoms with Gasteiger partial charge in [-0.2, -0.15) is 0 Å². The Morgan fingerprint density at radius 1 is 1.54 bits per heavy atom. The van der Waals surface area contributed by atoms with E-state index in [0.717, 1.165) is 56.6 Å². The average Bonchev–Trinajstić information content (AvgIpc) is 3.02. The fourth-order valence-electron chi connectivity index (χ4n) is 3.28. The number of nitrogens with zero attached hydrogens (tertiary/aromatic N) is 2. The SMILES string of the molecule is C#CCN(C)C(=O)CC1CCNCC1Cc1cc(CCCC)on1. The normalized spacial score (nSPS) is 20.5. The minimum Gasteiger partial charge on any atom is -0.361 e. The highest BCUT2D eigenvalue weighted by molar-refractivity contribution is 5.76. The topological polar surface area (TPSA) is 58.4 Å². The van der Waals surface area contributed by atoms with Crippen LogP contribution in [0.2, 0.25) is 0 Å². The van der Waals surface area contributed by atoms with Crippen LogP contribution in [-0.2, 0) is 17.6 Å². The van der Waals surface area contributed by atoms with Crippen molar-refractivity contribution in [2.75, 3.05) is 26.7 Å². The highest BCUT2D eigenvalue weighted by Crippen LogP contribution is 2.27. The van der Waals surface area contributed by atoms with Gasteiger partial charge in [-0.3, -0.25) is 4.79 Å². The third kappa shape index (κ3) is 5.38. The van der Waals surface area contributed by atoms with Gasteiger partial charge in [0.1, 0.15) is 5.76 Å². The third-order valence-corrected chi connectivity index (χ3v) is 4.81. The summed E-state index contributed by atoms with van der Waals surface area (Å²) < 4.78 is 5.43.